The third-order valence-corrected chi connectivity index (χ3v) is 4.84. The van der Waals surface area contributed by atoms with Crippen molar-refractivity contribution in [3.8, 4) is 5.75 Å². The summed E-state index contributed by atoms with van der Waals surface area (Å²) in [6.07, 6.45) is 1.73. The minimum Gasteiger partial charge on any atom is -0.488 e. The van der Waals surface area contributed by atoms with Crippen molar-refractivity contribution in [2.24, 2.45) is 0 Å². The summed E-state index contributed by atoms with van der Waals surface area (Å²) in [5.74, 6) is 0.0732. The van der Waals surface area contributed by atoms with Crippen LogP contribution in [0.15, 0.2) is 51.8 Å². The van der Waals surface area contributed by atoms with Gasteiger partial charge in [-0.2, -0.15) is 0 Å². The van der Waals surface area contributed by atoms with Gasteiger partial charge >= 0.3 is 0 Å². The van der Waals surface area contributed by atoms with Crippen LogP contribution in [0.1, 0.15) is 11.1 Å². The molecule has 1 heterocycles. The zero-order valence-corrected chi connectivity index (χ0v) is 15.4. The number of thioether (sulfide) groups is 1. The Morgan fingerprint density at radius 1 is 1.29 bits per heavy atom. The average molecular weight is 424 g/mol. The molecule has 24 heavy (non-hydrogen) atoms. The second-order valence-electron chi connectivity index (χ2n) is 4.95. The first-order chi connectivity index (χ1) is 11.5. The van der Waals surface area contributed by atoms with Crippen LogP contribution in [-0.4, -0.2) is 10.2 Å². The van der Waals surface area contributed by atoms with E-state index in [9.17, 15) is 9.18 Å². The molecule has 1 amide bonds. The summed E-state index contributed by atoms with van der Waals surface area (Å²) < 4.78 is 20.3. The fourth-order valence-electron chi connectivity index (χ4n) is 2.11. The van der Waals surface area contributed by atoms with Crippen LogP contribution in [0.5, 0.6) is 5.75 Å². The zero-order chi connectivity index (χ0) is 17.1. The number of amides is 1. The maximum Gasteiger partial charge on any atom is 0.263 e. The zero-order valence-electron chi connectivity index (χ0n) is 12.2. The van der Waals surface area contributed by atoms with Crippen molar-refractivity contribution in [2.75, 3.05) is 0 Å². The highest BCUT2D eigenvalue weighted by Gasteiger charge is 2.22. The Morgan fingerprint density at radius 2 is 2.12 bits per heavy atom. The van der Waals surface area contributed by atoms with E-state index in [1.165, 1.54) is 23.9 Å². The van der Waals surface area contributed by atoms with E-state index >= 15 is 0 Å². The van der Waals surface area contributed by atoms with Crippen molar-refractivity contribution in [3.05, 3.63) is 68.8 Å². The number of rotatable bonds is 4. The third kappa shape index (κ3) is 4.23. The third-order valence-electron chi connectivity index (χ3n) is 3.18. The van der Waals surface area contributed by atoms with Gasteiger partial charge in [0.15, 0.2) is 0 Å². The molecule has 0 unspecified atom stereocenters. The molecule has 1 saturated heterocycles. The monoisotopic (exact) mass is 423 g/mol. The number of carbonyl (C=O) groups excluding carboxylic acids is 1. The van der Waals surface area contributed by atoms with E-state index in [1.807, 2.05) is 12.1 Å². The van der Waals surface area contributed by atoms with Crippen molar-refractivity contribution >= 4 is 56.2 Å². The Kier molecular flexibility index (Phi) is 5.33. The number of nitrogens with one attached hydrogen (secondary N) is 1. The van der Waals surface area contributed by atoms with Gasteiger partial charge in [0.2, 0.25) is 0 Å². The molecular weight excluding hydrogens is 413 g/mol. The van der Waals surface area contributed by atoms with E-state index in [4.69, 9.17) is 17.0 Å². The minimum absolute atomic E-state index is 0.221. The van der Waals surface area contributed by atoms with Crippen LogP contribution in [0.25, 0.3) is 6.08 Å². The molecule has 0 spiro atoms. The average Bonchev–Trinajstić information content (AvgIpc) is 2.84. The Morgan fingerprint density at radius 3 is 2.83 bits per heavy atom. The highest BCUT2D eigenvalue weighted by atomic mass is 79.9. The van der Waals surface area contributed by atoms with E-state index in [0.717, 1.165) is 15.6 Å². The number of thiocarbonyl (C=S) groups is 1. The molecule has 0 saturated carbocycles. The Bertz CT molecular complexity index is 854. The molecule has 2 aromatic rings. The summed E-state index contributed by atoms with van der Waals surface area (Å²) in [7, 11) is 0. The Balaban J connectivity index is 1.84. The maximum absolute atomic E-state index is 13.2. The van der Waals surface area contributed by atoms with Gasteiger partial charge in [-0.05, 0) is 42.0 Å². The van der Waals surface area contributed by atoms with E-state index in [1.54, 1.807) is 24.3 Å². The lowest BCUT2D eigenvalue weighted by molar-refractivity contribution is -0.115. The molecular formula is C17H11BrFNO2S2. The number of halogens is 2. The summed E-state index contributed by atoms with van der Waals surface area (Å²) in [5.41, 5.74) is 1.47. The molecule has 0 aliphatic carbocycles. The number of hydrogen-bond donors (Lipinski definition) is 1. The lowest BCUT2D eigenvalue weighted by atomic mass is 10.1. The smallest absolute Gasteiger partial charge is 0.263 e. The molecule has 0 radical (unpaired) electrons. The maximum atomic E-state index is 13.2. The van der Waals surface area contributed by atoms with Gasteiger partial charge in [-0.15, -0.1) is 0 Å². The van der Waals surface area contributed by atoms with E-state index in [-0.39, 0.29) is 18.3 Å². The predicted octanol–water partition coefficient (Wildman–Crippen LogP) is 4.66. The fourth-order valence-corrected chi connectivity index (χ4v) is 3.53. The molecule has 1 aliphatic heterocycles. The van der Waals surface area contributed by atoms with Gasteiger partial charge in [0.05, 0.1) is 4.91 Å². The summed E-state index contributed by atoms with van der Waals surface area (Å²) >= 11 is 9.61. The molecule has 2 aromatic carbocycles. The van der Waals surface area contributed by atoms with E-state index in [2.05, 4.69) is 21.2 Å². The molecule has 0 aromatic heterocycles. The van der Waals surface area contributed by atoms with Gasteiger partial charge in [0.25, 0.3) is 5.91 Å². The number of benzene rings is 2. The van der Waals surface area contributed by atoms with Gasteiger partial charge in [-0.1, -0.05) is 52.0 Å². The molecule has 3 nitrogen and oxygen atoms in total. The highest BCUT2D eigenvalue weighted by Crippen LogP contribution is 2.31. The van der Waals surface area contributed by atoms with Gasteiger partial charge in [-0.3, -0.25) is 4.79 Å². The van der Waals surface area contributed by atoms with E-state index in [0.29, 0.717) is 15.0 Å². The van der Waals surface area contributed by atoms with Crippen molar-refractivity contribution < 1.29 is 13.9 Å². The van der Waals surface area contributed by atoms with Gasteiger partial charge in [-0.25, -0.2) is 4.39 Å². The predicted molar refractivity (Wildman–Crippen MR) is 101 cm³/mol. The van der Waals surface area contributed by atoms with Crippen LogP contribution in [0, 0.1) is 5.82 Å². The number of carbonyl (C=O) groups is 1. The molecule has 1 N–H and O–H groups in total. The second kappa shape index (κ2) is 7.46. The van der Waals surface area contributed by atoms with Gasteiger partial charge in [0.1, 0.15) is 22.5 Å². The van der Waals surface area contributed by atoms with Crippen LogP contribution < -0.4 is 10.1 Å². The SMILES string of the molecule is O=C1NC(=S)S/C1=C\c1cc(Br)ccc1OCc1cccc(F)c1. The summed E-state index contributed by atoms with van der Waals surface area (Å²) in [6.45, 7) is 0.229. The highest BCUT2D eigenvalue weighted by molar-refractivity contribution is 9.10. The standard InChI is InChI=1S/C17H11BrFNO2S2/c18-12-4-5-14(22-9-10-2-1-3-13(19)6-10)11(7-12)8-15-16(21)20-17(23)24-15/h1-8H,9H2,(H,20,21,23)/b15-8-. The second-order valence-corrected chi connectivity index (χ2v) is 7.59. The molecule has 0 atom stereocenters. The topological polar surface area (TPSA) is 38.3 Å². The molecule has 7 heteroatoms. The molecule has 1 aliphatic rings. The first-order valence-corrected chi connectivity index (χ1v) is 8.95. The van der Waals surface area contributed by atoms with Crippen LogP contribution >= 0.6 is 39.9 Å². The van der Waals surface area contributed by atoms with Gasteiger partial charge < -0.3 is 10.1 Å². The van der Waals surface area contributed by atoms with Crippen molar-refractivity contribution in [1.29, 1.82) is 0 Å². The molecule has 122 valence electrons. The lowest BCUT2D eigenvalue weighted by Crippen LogP contribution is -2.17. The Hall–Kier alpha value is -1.70. The van der Waals surface area contributed by atoms with Gasteiger partial charge in [0, 0.05) is 10.0 Å². The quantitative estimate of drug-likeness (QED) is 0.573. The van der Waals surface area contributed by atoms with Crippen LogP contribution in [0.3, 0.4) is 0 Å². The Labute approximate surface area is 156 Å². The normalized spacial score (nSPS) is 15.7. The lowest BCUT2D eigenvalue weighted by Gasteiger charge is -2.10. The molecule has 1 fully saturated rings. The first-order valence-electron chi connectivity index (χ1n) is 6.93. The molecule has 3 rings (SSSR count). The largest absolute Gasteiger partial charge is 0.488 e. The minimum atomic E-state index is -0.304. The van der Waals surface area contributed by atoms with Crippen molar-refractivity contribution in [3.63, 3.8) is 0 Å². The van der Waals surface area contributed by atoms with E-state index < -0.39 is 0 Å². The summed E-state index contributed by atoms with van der Waals surface area (Å²) in [6, 6.07) is 11.7. The molecule has 0 bridgehead atoms. The van der Waals surface area contributed by atoms with Crippen LogP contribution in [0.2, 0.25) is 0 Å². The van der Waals surface area contributed by atoms with Crippen molar-refractivity contribution in [1.82, 2.24) is 5.32 Å². The first kappa shape index (κ1) is 17.1. The number of hydrogen-bond acceptors (Lipinski definition) is 4. The van der Waals surface area contributed by atoms with Crippen LogP contribution in [0.4, 0.5) is 4.39 Å². The fraction of sp³-hybridized carbons (Fsp3) is 0.0588. The number of ether oxygens (including phenoxy) is 1. The van der Waals surface area contributed by atoms with Crippen LogP contribution in [-0.2, 0) is 11.4 Å². The van der Waals surface area contributed by atoms with Crippen molar-refractivity contribution in [2.45, 2.75) is 6.61 Å². The summed E-state index contributed by atoms with van der Waals surface area (Å²) in [5, 5.41) is 2.58. The summed E-state index contributed by atoms with van der Waals surface area (Å²) in [4.78, 5) is 12.3.